The van der Waals surface area contributed by atoms with Gasteiger partial charge in [0.05, 0.1) is 0 Å². The number of rotatable bonds is 6. The zero-order valence-corrected chi connectivity index (χ0v) is 12.4. The number of benzene rings is 1. The Labute approximate surface area is 119 Å². The van der Waals surface area contributed by atoms with Crippen LogP contribution in [0.1, 0.15) is 55.8 Å². The van der Waals surface area contributed by atoms with E-state index in [2.05, 4.69) is 24.1 Å². The predicted molar refractivity (Wildman–Crippen MR) is 79.8 cm³/mol. The van der Waals surface area contributed by atoms with Crippen LogP contribution in [0.25, 0.3) is 11.1 Å². The Balaban J connectivity index is 2.13. The van der Waals surface area contributed by atoms with Crippen LogP contribution >= 0.6 is 0 Å². The summed E-state index contributed by atoms with van der Waals surface area (Å²) in [6, 6.07) is 5.64. The van der Waals surface area contributed by atoms with Crippen molar-refractivity contribution in [2.45, 2.75) is 52.5 Å². The summed E-state index contributed by atoms with van der Waals surface area (Å²) in [5, 5.41) is 3.11. The van der Waals surface area contributed by atoms with Gasteiger partial charge in [0.2, 0.25) is 0 Å². The van der Waals surface area contributed by atoms with E-state index in [9.17, 15) is 4.79 Å². The molecule has 1 aromatic heterocycles. The second kappa shape index (κ2) is 6.55. The van der Waals surface area contributed by atoms with Crippen LogP contribution < -0.4 is 5.32 Å². The van der Waals surface area contributed by atoms with Crippen molar-refractivity contribution in [3.8, 4) is 0 Å². The molecule has 0 spiro atoms. The van der Waals surface area contributed by atoms with E-state index in [0.29, 0.717) is 11.5 Å². The van der Waals surface area contributed by atoms with Crippen LogP contribution in [0.2, 0.25) is 0 Å². The average Bonchev–Trinajstić information content (AvgIpc) is 2.78. The molecular weight excluding hydrogens is 252 g/mol. The van der Waals surface area contributed by atoms with E-state index in [4.69, 9.17) is 4.42 Å². The Kier molecular flexibility index (Phi) is 4.77. The number of hydrogen-bond donors (Lipinski definition) is 1. The molecule has 0 saturated heterocycles. The fraction of sp³-hybridized carbons (Fsp3) is 0.500. The molecule has 1 amide bonds. The molecule has 0 aliphatic heterocycles. The first-order valence-corrected chi connectivity index (χ1v) is 7.32. The minimum atomic E-state index is -0.0283. The van der Waals surface area contributed by atoms with E-state index in [0.717, 1.165) is 36.8 Å². The normalized spacial score (nSPS) is 11.2. The van der Waals surface area contributed by atoms with Gasteiger partial charge in [-0.3, -0.25) is 4.79 Å². The largest absolute Gasteiger partial charge is 0.441 e. The molecule has 20 heavy (non-hydrogen) atoms. The molecular formula is C16H22N2O2. The highest BCUT2D eigenvalue weighted by Crippen LogP contribution is 2.17. The summed E-state index contributed by atoms with van der Waals surface area (Å²) in [5.74, 6) is 0.590. The second-order valence-electron chi connectivity index (χ2n) is 5.16. The lowest BCUT2D eigenvalue weighted by Crippen LogP contribution is -2.34. The van der Waals surface area contributed by atoms with Gasteiger partial charge in [0.25, 0.3) is 5.91 Å². The quantitative estimate of drug-likeness (QED) is 0.870. The second-order valence-corrected chi connectivity index (χ2v) is 5.16. The third kappa shape index (κ3) is 3.38. The molecule has 0 unspecified atom stereocenters. The fourth-order valence-electron chi connectivity index (χ4n) is 2.44. The van der Waals surface area contributed by atoms with Gasteiger partial charge >= 0.3 is 0 Å². The molecule has 0 bridgehead atoms. The summed E-state index contributed by atoms with van der Waals surface area (Å²) >= 11 is 0. The number of oxazole rings is 1. The van der Waals surface area contributed by atoms with Gasteiger partial charge < -0.3 is 9.73 Å². The van der Waals surface area contributed by atoms with Crippen molar-refractivity contribution in [1.82, 2.24) is 10.3 Å². The molecule has 108 valence electrons. The molecule has 4 nitrogen and oxygen atoms in total. The number of aromatic nitrogens is 1. The van der Waals surface area contributed by atoms with E-state index in [1.54, 1.807) is 25.1 Å². The van der Waals surface area contributed by atoms with Gasteiger partial charge in [0, 0.05) is 18.5 Å². The monoisotopic (exact) mass is 274 g/mol. The maximum atomic E-state index is 12.3. The van der Waals surface area contributed by atoms with E-state index in [1.165, 1.54) is 0 Å². The summed E-state index contributed by atoms with van der Waals surface area (Å²) in [6.45, 7) is 6.08. The SMILES string of the molecule is CCCC(CCC)NC(=O)c1ccc2oc(C)nc2c1. The highest BCUT2D eigenvalue weighted by molar-refractivity contribution is 5.97. The summed E-state index contributed by atoms with van der Waals surface area (Å²) in [7, 11) is 0. The maximum Gasteiger partial charge on any atom is 0.251 e. The zero-order valence-electron chi connectivity index (χ0n) is 12.4. The molecule has 0 fully saturated rings. The smallest absolute Gasteiger partial charge is 0.251 e. The average molecular weight is 274 g/mol. The Morgan fingerprint density at radius 1 is 1.30 bits per heavy atom. The Morgan fingerprint density at radius 3 is 2.65 bits per heavy atom. The van der Waals surface area contributed by atoms with Crippen molar-refractivity contribution in [2.75, 3.05) is 0 Å². The van der Waals surface area contributed by atoms with Crippen LogP contribution in [0.3, 0.4) is 0 Å². The van der Waals surface area contributed by atoms with Crippen molar-refractivity contribution >= 4 is 17.0 Å². The van der Waals surface area contributed by atoms with Gasteiger partial charge in [0.15, 0.2) is 11.5 Å². The Hall–Kier alpha value is -1.84. The topological polar surface area (TPSA) is 55.1 Å². The number of nitrogens with zero attached hydrogens (tertiary/aromatic N) is 1. The first kappa shape index (κ1) is 14.6. The van der Waals surface area contributed by atoms with Crippen molar-refractivity contribution in [2.24, 2.45) is 0 Å². The van der Waals surface area contributed by atoms with E-state index in [1.807, 2.05) is 0 Å². The fourth-order valence-corrected chi connectivity index (χ4v) is 2.44. The molecule has 0 saturated carbocycles. The Morgan fingerprint density at radius 2 is 2.00 bits per heavy atom. The van der Waals surface area contributed by atoms with Crippen LogP contribution in [0, 0.1) is 6.92 Å². The van der Waals surface area contributed by atoms with Gasteiger partial charge in [-0.1, -0.05) is 26.7 Å². The number of carbonyl (C=O) groups is 1. The van der Waals surface area contributed by atoms with E-state index < -0.39 is 0 Å². The van der Waals surface area contributed by atoms with Gasteiger partial charge in [-0.05, 0) is 31.0 Å². The van der Waals surface area contributed by atoms with Crippen molar-refractivity contribution < 1.29 is 9.21 Å². The van der Waals surface area contributed by atoms with Crippen LogP contribution in [0.15, 0.2) is 22.6 Å². The minimum absolute atomic E-state index is 0.0283. The minimum Gasteiger partial charge on any atom is -0.441 e. The van der Waals surface area contributed by atoms with Gasteiger partial charge in [-0.2, -0.15) is 0 Å². The highest BCUT2D eigenvalue weighted by atomic mass is 16.3. The van der Waals surface area contributed by atoms with Crippen LogP contribution in [0.5, 0.6) is 0 Å². The number of aryl methyl sites for hydroxylation is 1. The lowest BCUT2D eigenvalue weighted by atomic mass is 10.1. The van der Waals surface area contributed by atoms with Crippen molar-refractivity contribution in [1.29, 1.82) is 0 Å². The molecule has 0 aliphatic rings. The Bertz CT molecular complexity index is 583. The third-order valence-corrected chi connectivity index (χ3v) is 3.37. The number of carbonyl (C=O) groups excluding carboxylic acids is 1. The van der Waals surface area contributed by atoms with Crippen LogP contribution in [0.4, 0.5) is 0 Å². The number of hydrogen-bond acceptors (Lipinski definition) is 3. The molecule has 0 radical (unpaired) electrons. The zero-order chi connectivity index (χ0) is 14.5. The highest BCUT2D eigenvalue weighted by Gasteiger charge is 2.13. The molecule has 2 rings (SSSR count). The van der Waals surface area contributed by atoms with Crippen molar-refractivity contribution in [3.63, 3.8) is 0 Å². The van der Waals surface area contributed by atoms with Gasteiger partial charge in [-0.15, -0.1) is 0 Å². The lowest BCUT2D eigenvalue weighted by Gasteiger charge is -2.17. The standard InChI is InChI=1S/C16H22N2O2/c1-4-6-13(7-5-2)18-16(19)12-8-9-15-14(10-12)17-11(3)20-15/h8-10,13H,4-7H2,1-3H3,(H,18,19). The first-order chi connectivity index (χ1) is 9.63. The molecule has 1 N–H and O–H groups in total. The number of fused-ring (bicyclic) bond motifs is 1. The first-order valence-electron chi connectivity index (χ1n) is 7.32. The van der Waals surface area contributed by atoms with Gasteiger partial charge in [0.1, 0.15) is 5.52 Å². The summed E-state index contributed by atoms with van der Waals surface area (Å²) in [5.41, 5.74) is 2.10. The van der Waals surface area contributed by atoms with Crippen molar-refractivity contribution in [3.05, 3.63) is 29.7 Å². The summed E-state index contributed by atoms with van der Waals surface area (Å²) in [4.78, 5) is 16.5. The van der Waals surface area contributed by atoms with Crippen LogP contribution in [-0.2, 0) is 0 Å². The molecule has 4 heteroatoms. The van der Waals surface area contributed by atoms with E-state index >= 15 is 0 Å². The maximum absolute atomic E-state index is 12.3. The van der Waals surface area contributed by atoms with E-state index in [-0.39, 0.29) is 11.9 Å². The summed E-state index contributed by atoms with van der Waals surface area (Å²) < 4.78 is 5.42. The third-order valence-electron chi connectivity index (χ3n) is 3.37. The molecule has 1 aromatic carbocycles. The molecule has 2 aromatic rings. The summed E-state index contributed by atoms with van der Waals surface area (Å²) in [6.07, 6.45) is 4.19. The lowest BCUT2D eigenvalue weighted by molar-refractivity contribution is 0.0932. The number of amides is 1. The van der Waals surface area contributed by atoms with Crippen LogP contribution in [-0.4, -0.2) is 16.9 Å². The predicted octanol–water partition coefficient (Wildman–Crippen LogP) is 3.83. The molecule has 0 aliphatic carbocycles. The molecule has 0 atom stereocenters. The molecule has 1 heterocycles. The number of nitrogens with one attached hydrogen (secondary N) is 1. The van der Waals surface area contributed by atoms with Gasteiger partial charge in [-0.25, -0.2) is 4.98 Å².